The third-order valence-corrected chi connectivity index (χ3v) is 3.87. The van der Waals surface area contributed by atoms with Crippen molar-refractivity contribution in [1.29, 1.82) is 0 Å². The van der Waals surface area contributed by atoms with Crippen LogP contribution in [0.3, 0.4) is 0 Å². The molecule has 0 aliphatic heterocycles. The SMILES string of the molecule is COc1ccc(NC(=O)c2cccn2-c2nncs2)cc1OC. The van der Waals surface area contributed by atoms with E-state index in [2.05, 4.69) is 15.5 Å². The van der Waals surface area contributed by atoms with E-state index in [-0.39, 0.29) is 5.91 Å². The van der Waals surface area contributed by atoms with Gasteiger partial charge in [0.2, 0.25) is 5.13 Å². The van der Waals surface area contributed by atoms with Gasteiger partial charge in [0.1, 0.15) is 11.2 Å². The van der Waals surface area contributed by atoms with Crippen molar-refractivity contribution in [3.05, 3.63) is 47.7 Å². The molecule has 0 fully saturated rings. The second-order valence-electron chi connectivity index (χ2n) is 4.51. The number of methoxy groups -OCH3 is 2. The molecule has 23 heavy (non-hydrogen) atoms. The van der Waals surface area contributed by atoms with Crippen LogP contribution in [-0.2, 0) is 0 Å². The first-order valence-electron chi connectivity index (χ1n) is 6.70. The molecule has 0 unspecified atom stereocenters. The Balaban J connectivity index is 1.84. The predicted molar refractivity (Wildman–Crippen MR) is 86.7 cm³/mol. The van der Waals surface area contributed by atoms with E-state index in [0.717, 1.165) is 0 Å². The summed E-state index contributed by atoms with van der Waals surface area (Å²) in [5.74, 6) is 0.893. The van der Waals surface area contributed by atoms with E-state index in [0.29, 0.717) is 28.0 Å². The van der Waals surface area contributed by atoms with Crippen molar-refractivity contribution in [2.24, 2.45) is 0 Å². The Morgan fingerprint density at radius 3 is 2.74 bits per heavy atom. The number of ether oxygens (including phenoxy) is 2. The molecule has 1 amide bonds. The van der Waals surface area contributed by atoms with Crippen LogP contribution in [0.5, 0.6) is 11.5 Å². The highest BCUT2D eigenvalue weighted by Gasteiger charge is 2.15. The summed E-state index contributed by atoms with van der Waals surface area (Å²) in [4.78, 5) is 12.5. The zero-order valence-corrected chi connectivity index (χ0v) is 13.3. The van der Waals surface area contributed by atoms with Crippen molar-refractivity contribution in [3.63, 3.8) is 0 Å². The Labute approximate surface area is 136 Å². The molecule has 0 bridgehead atoms. The van der Waals surface area contributed by atoms with Gasteiger partial charge in [-0.15, -0.1) is 10.2 Å². The van der Waals surface area contributed by atoms with Crippen molar-refractivity contribution in [1.82, 2.24) is 14.8 Å². The molecule has 118 valence electrons. The van der Waals surface area contributed by atoms with Gasteiger partial charge in [-0.05, 0) is 24.3 Å². The van der Waals surface area contributed by atoms with E-state index >= 15 is 0 Å². The van der Waals surface area contributed by atoms with Crippen molar-refractivity contribution in [3.8, 4) is 16.6 Å². The summed E-state index contributed by atoms with van der Waals surface area (Å²) in [6.07, 6.45) is 1.77. The van der Waals surface area contributed by atoms with Gasteiger partial charge in [-0.1, -0.05) is 11.3 Å². The molecule has 3 rings (SSSR count). The minimum atomic E-state index is -0.252. The number of amides is 1. The number of nitrogens with one attached hydrogen (secondary N) is 1. The molecule has 8 heteroatoms. The second-order valence-corrected chi connectivity index (χ2v) is 5.32. The quantitative estimate of drug-likeness (QED) is 0.778. The van der Waals surface area contributed by atoms with Gasteiger partial charge in [-0.25, -0.2) is 0 Å². The standard InChI is InChI=1S/C15H14N4O3S/c1-21-12-6-5-10(8-13(12)22-2)17-14(20)11-4-3-7-19(11)15-18-16-9-23-15/h3-9H,1-2H3,(H,17,20). The Bertz CT molecular complexity index is 814. The molecule has 0 atom stereocenters. The summed E-state index contributed by atoms with van der Waals surface area (Å²) in [6, 6.07) is 8.69. The average Bonchev–Trinajstić information content (AvgIpc) is 3.25. The molecule has 0 saturated carbocycles. The molecule has 3 aromatic rings. The molecular weight excluding hydrogens is 316 g/mol. The van der Waals surface area contributed by atoms with E-state index in [1.54, 1.807) is 60.8 Å². The van der Waals surface area contributed by atoms with Gasteiger partial charge in [0, 0.05) is 18.0 Å². The maximum absolute atomic E-state index is 12.5. The molecule has 0 aliphatic carbocycles. The first-order chi connectivity index (χ1) is 11.2. The lowest BCUT2D eigenvalue weighted by Crippen LogP contribution is -2.16. The fraction of sp³-hybridized carbons (Fsp3) is 0.133. The second kappa shape index (κ2) is 6.49. The highest BCUT2D eigenvalue weighted by Crippen LogP contribution is 2.30. The summed E-state index contributed by atoms with van der Waals surface area (Å²) >= 11 is 1.35. The van der Waals surface area contributed by atoms with Crippen molar-refractivity contribution in [2.75, 3.05) is 19.5 Å². The lowest BCUT2D eigenvalue weighted by molar-refractivity contribution is 0.102. The number of anilines is 1. The number of hydrogen-bond acceptors (Lipinski definition) is 6. The number of rotatable bonds is 5. The Morgan fingerprint density at radius 1 is 1.22 bits per heavy atom. The molecule has 0 spiro atoms. The number of hydrogen-bond donors (Lipinski definition) is 1. The van der Waals surface area contributed by atoms with E-state index in [4.69, 9.17) is 9.47 Å². The van der Waals surface area contributed by atoms with Crippen LogP contribution in [0.2, 0.25) is 0 Å². The maximum Gasteiger partial charge on any atom is 0.272 e. The summed E-state index contributed by atoms with van der Waals surface area (Å²) < 4.78 is 12.1. The minimum absolute atomic E-state index is 0.252. The van der Waals surface area contributed by atoms with Gasteiger partial charge in [-0.3, -0.25) is 9.36 Å². The number of aromatic nitrogens is 3. The largest absolute Gasteiger partial charge is 0.493 e. The Kier molecular flexibility index (Phi) is 4.24. The van der Waals surface area contributed by atoms with E-state index in [1.807, 2.05) is 0 Å². The normalized spacial score (nSPS) is 10.3. The lowest BCUT2D eigenvalue weighted by Gasteiger charge is -2.11. The summed E-state index contributed by atoms with van der Waals surface area (Å²) in [6.45, 7) is 0. The van der Waals surface area contributed by atoms with Gasteiger partial charge >= 0.3 is 0 Å². The highest BCUT2D eigenvalue weighted by molar-refractivity contribution is 7.11. The lowest BCUT2D eigenvalue weighted by atomic mass is 10.2. The van der Waals surface area contributed by atoms with Crippen molar-refractivity contribution < 1.29 is 14.3 Å². The maximum atomic E-state index is 12.5. The molecule has 1 N–H and O–H groups in total. The fourth-order valence-electron chi connectivity index (χ4n) is 2.11. The third kappa shape index (κ3) is 3.02. The molecular formula is C15H14N4O3S. The molecule has 2 aromatic heterocycles. The van der Waals surface area contributed by atoms with E-state index in [1.165, 1.54) is 11.3 Å². The Hall–Kier alpha value is -2.87. The van der Waals surface area contributed by atoms with Crippen LogP contribution >= 0.6 is 11.3 Å². The summed E-state index contributed by atoms with van der Waals surface area (Å²) in [7, 11) is 3.11. The molecule has 0 radical (unpaired) electrons. The number of nitrogens with zero attached hydrogens (tertiary/aromatic N) is 3. The number of carbonyl (C=O) groups excluding carboxylic acids is 1. The van der Waals surface area contributed by atoms with Gasteiger partial charge in [-0.2, -0.15) is 0 Å². The van der Waals surface area contributed by atoms with Crippen LogP contribution in [0.1, 0.15) is 10.5 Å². The van der Waals surface area contributed by atoms with Gasteiger partial charge < -0.3 is 14.8 Å². The van der Waals surface area contributed by atoms with Crippen LogP contribution in [0.4, 0.5) is 5.69 Å². The predicted octanol–water partition coefficient (Wildman–Crippen LogP) is 2.60. The average molecular weight is 330 g/mol. The number of benzene rings is 1. The topological polar surface area (TPSA) is 78.3 Å². The number of carbonyl (C=O) groups is 1. The van der Waals surface area contributed by atoms with Crippen LogP contribution < -0.4 is 14.8 Å². The van der Waals surface area contributed by atoms with Crippen LogP contribution in [0.15, 0.2) is 42.0 Å². The fourth-order valence-corrected chi connectivity index (χ4v) is 2.67. The smallest absolute Gasteiger partial charge is 0.272 e. The third-order valence-electron chi connectivity index (χ3n) is 3.18. The van der Waals surface area contributed by atoms with Crippen LogP contribution in [0.25, 0.3) is 5.13 Å². The van der Waals surface area contributed by atoms with Gasteiger partial charge in [0.25, 0.3) is 5.91 Å². The minimum Gasteiger partial charge on any atom is -0.493 e. The molecule has 0 saturated heterocycles. The Morgan fingerprint density at radius 2 is 2.04 bits per heavy atom. The van der Waals surface area contributed by atoms with Crippen LogP contribution in [0, 0.1) is 0 Å². The van der Waals surface area contributed by atoms with E-state index in [9.17, 15) is 4.79 Å². The molecule has 7 nitrogen and oxygen atoms in total. The first kappa shape index (κ1) is 15.0. The van der Waals surface area contributed by atoms with Crippen LogP contribution in [-0.4, -0.2) is 34.9 Å². The van der Waals surface area contributed by atoms with Crippen molar-refractivity contribution >= 4 is 22.9 Å². The molecule has 1 aromatic carbocycles. The van der Waals surface area contributed by atoms with Crippen molar-refractivity contribution in [2.45, 2.75) is 0 Å². The summed E-state index contributed by atoms with van der Waals surface area (Å²) in [5.41, 5.74) is 2.69. The highest BCUT2D eigenvalue weighted by atomic mass is 32.1. The van der Waals surface area contributed by atoms with Gasteiger partial charge in [0.15, 0.2) is 11.5 Å². The zero-order chi connectivity index (χ0) is 16.2. The monoisotopic (exact) mass is 330 g/mol. The zero-order valence-electron chi connectivity index (χ0n) is 12.5. The molecule has 0 aliphatic rings. The van der Waals surface area contributed by atoms with E-state index < -0.39 is 0 Å². The first-order valence-corrected chi connectivity index (χ1v) is 7.58. The summed E-state index contributed by atoms with van der Waals surface area (Å²) in [5, 5.41) is 11.2. The molecule has 2 heterocycles. The van der Waals surface area contributed by atoms with Gasteiger partial charge in [0.05, 0.1) is 14.2 Å².